The largest absolute Gasteiger partial charge is 3.00 e. The summed E-state index contributed by atoms with van der Waals surface area (Å²) in [5.41, 5.74) is 3.36. The average Bonchev–Trinajstić information content (AvgIpc) is 2.79. The van der Waals surface area contributed by atoms with E-state index >= 15 is 0 Å². The van der Waals surface area contributed by atoms with E-state index in [4.69, 9.17) is 10.3 Å². The van der Waals surface area contributed by atoms with E-state index in [1.54, 1.807) is 0 Å². The number of hydrogen-bond donors (Lipinski definition) is 0. The Kier molecular flexibility index (Phi) is 19.2. The molecule has 0 aliphatic carbocycles. The summed E-state index contributed by atoms with van der Waals surface area (Å²) in [6, 6.07) is 12.4. The van der Waals surface area contributed by atoms with E-state index in [1.807, 2.05) is 36.4 Å². The Morgan fingerprint density at radius 1 is 0.571 bits per heavy atom. The third kappa shape index (κ3) is 17.0. The molecule has 2 rings (SSSR count). The zero-order valence-corrected chi connectivity index (χ0v) is 40.9. The number of guanidine groups is 1. The van der Waals surface area contributed by atoms with E-state index in [1.165, 1.54) is 0 Å². The summed E-state index contributed by atoms with van der Waals surface area (Å²) < 4.78 is 2.60. The van der Waals surface area contributed by atoms with Crippen LogP contribution in [0.2, 0.25) is 39.3 Å². The summed E-state index contributed by atoms with van der Waals surface area (Å²) in [6.07, 6.45) is 0. The second-order valence-corrected chi connectivity index (χ2v) is 29.8. The normalized spacial score (nSPS) is 13.2. The number of aliphatic imine (C=N–C) groups is 1. The minimum absolute atomic E-state index is 0. The molecule has 0 saturated carbocycles. The van der Waals surface area contributed by atoms with Crippen LogP contribution in [0.15, 0.2) is 41.4 Å². The van der Waals surface area contributed by atoms with Gasteiger partial charge in [-0.25, -0.2) is 0 Å². The third-order valence-corrected chi connectivity index (χ3v) is 14.7. The van der Waals surface area contributed by atoms with E-state index in [0.717, 1.165) is 28.2 Å². The van der Waals surface area contributed by atoms with Crippen LogP contribution in [0, 0.1) is 41.7 Å². The van der Waals surface area contributed by atoms with Gasteiger partial charge in [-0.1, -0.05) is 209 Å². The van der Waals surface area contributed by atoms with Crippen molar-refractivity contribution in [2.24, 2.45) is 4.99 Å². The van der Waals surface area contributed by atoms with Gasteiger partial charge in [0, 0.05) is 5.96 Å². The second-order valence-electron chi connectivity index (χ2n) is 19.8. The van der Waals surface area contributed by atoms with Gasteiger partial charge in [-0.15, -0.1) is 11.5 Å². The number of nitrogens with zero attached hydrogens (tertiary/aromatic N) is 3. The minimum atomic E-state index is -1.45. The van der Waals surface area contributed by atoms with Crippen molar-refractivity contribution in [2.45, 2.75) is 184 Å². The first-order chi connectivity index (χ1) is 21.1. The Hall–Kier alpha value is -0.880. The molecular weight excluding hydrogens is 763 g/mol. The quantitative estimate of drug-likeness (QED) is 0.175. The molecule has 0 N–H and O–H groups in total. The van der Waals surface area contributed by atoms with Crippen LogP contribution in [0.1, 0.15) is 133 Å². The first-order valence-corrected chi connectivity index (χ1v) is 24.7. The van der Waals surface area contributed by atoms with Crippen LogP contribution >= 0.6 is 0 Å². The predicted molar refractivity (Wildman–Crippen MR) is 216 cm³/mol. The van der Waals surface area contributed by atoms with Gasteiger partial charge in [0.15, 0.2) is 0 Å². The standard InChI is InChI=1S/2C14H22O.C13H32N3Si2.Ce/c2*1-13(2,3)10-8-7-9-11(12(10)15)14(4,5)6;1-11(2)14-13(15-12(3)4)16(17(5,6)7)18(8,9)10;/h2*7-9,15H,1-6H3;11-12H,1-10H3;/q;;-1;+3/p-2. The molecule has 1 radical (unpaired) electrons. The van der Waals surface area contributed by atoms with Gasteiger partial charge >= 0.3 is 41.7 Å². The maximum Gasteiger partial charge on any atom is 3.00 e. The number of rotatable bonds is 4. The first kappa shape index (κ1) is 50.2. The van der Waals surface area contributed by atoms with Crippen molar-refractivity contribution in [2.75, 3.05) is 0 Å². The van der Waals surface area contributed by atoms with Gasteiger partial charge < -0.3 is 24.8 Å². The summed E-state index contributed by atoms with van der Waals surface area (Å²) in [5.74, 6) is 1.41. The van der Waals surface area contributed by atoms with Crippen molar-refractivity contribution in [1.29, 1.82) is 0 Å². The van der Waals surface area contributed by atoms with Crippen molar-refractivity contribution in [3.8, 4) is 11.5 Å². The molecule has 0 aromatic heterocycles. The van der Waals surface area contributed by atoms with Gasteiger partial charge in [0.25, 0.3) is 0 Å². The zero-order chi connectivity index (χ0) is 38.4. The molecule has 0 aliphatic heterocycles. The number of para-hydroxylation sites is 2. The predicted octanol–water partition coefficient (Wildman–Crippen LogP) is 11.2. The molecule has 0 amide bonds. The summed E-state index contributed by atoms with van der Waals surface area (Å²) in [6.45, 7) is 47.8. The summed E-state index contributed by atoms with van der Waals surface area (Å²) in [5, 5.41) is 29.3. The van der Waals surface area contributed by atoms with Gasteiger partial charge in [0.2, 0.25) is 0 Å². The van der Waals surface area contributed by atoms with Crippen LogP contribution in [-0.4, -0.2) is 38.7 Å². The van der Waals surface area contributed by atoms with E-state index in [2.05, 4.69) is 154 Å². The molecule has 5 nitrogen and oxygen atoms in total. The van der Waals surface area contributed by atoms with Crippen molar-refractivity contribution < 1.29 is 52.0 Å². The SMILES string of the molecule is CC(C)(C)c1cccc(C(C)(C)C)c1[O-].CC(C)(C)c1cccc(C(C)(C)C)c1[O-].CC(C)N=C([N-]C(C)C)N([Si](C)(C)C)[Si](C)(C)C.[Ce+3]. The molecule has 0 saturated heterocycles. The van der Waals surface area contributed by atoms with Crippen LogP contribution in [0.25, 0.3) is 5.32 Å². The molecule has 277 valence electrons. The van der Waals surface area contributed by atoms with Crippen LogP contribution in [0.4, 0.5) is 0 Å². The van der Waals surface area contributed by atoms with Crippen molar-refractivity contribution in [3.63, 3.8) is 0 Å². The summed E-state index contributed by atoms with van der Waals surface area (Å²) >= 11 is 0. The van der Waals surface area contributed by atoms with Crippen molar-refractivity contribution in [1.82, 2.24) is 4.23 Å². The molecule has 0 fully saturated rings. The molecule has 0 unspecified atom stereocenters. The van der Waals surface area contributed by atoms with Crippen LogP contribution < -0.4 is 10.2 Å². The van der Waals surface area contributed by atoms with Gasteiger partial charge in [0.05, 0.1) is 16.5 Å². The zero-order valence-electron chi connectivity index (χ0n) is 35.8. The molecule has 2 aromatic rings. The Morgan fingerprint density at radius 2 is 0.816 bits per heavy atom. The first-order valence-electron chi connectivity index (χ1n) is 17.8. The van der Waals surface area contributed by atoms with Crippen LogP contribution in [0.3, 0.4) is 0 Å². The third-order valence-electron chi connectivity index (χ3n) is 7.55. The molecule has 8 heteroatoms. The fourth-order valence-electron chi connectivity index (χ4n) is 5.65. The van der Waals surface area contributed by atoms with Gasteiger partial charge in [0.1, 0.15) is 0 Å². The molecular formula is C41H74CeN3O2Si2. The van der Waals surface area contributed by atoms with E-state index < -0.39 is 16.5 Å². The van der Waals surface area contributed by atoms with E-state index in [0.29, 0.717) is 12.1 Å². The topological polar surface area (TPSA) is 75.8 Å². The maximum absolute atomic E-state index is 12.3. The fourth-order valence-corrected chi connectivity index (χ4v) is 15.1. The summed E-state index contributed by atoms with van der Waals surface area (Å²) in [7, 11) is -2.90. The fraction of sp³-hybridized carbons (Fsp3) is 0.683. The van der Waals surface area contributed by atoms with Crippen molar-refractivity contribution >= 4 is 22.4 Å². The summed E-state index contributed by atoms with van der Waals surface area (Å²) in [4.78, 5) is 4.80. The monoisotopic (exact) mass is 836 g/mol. The Labute approximate surface area is 340 Å². The molecule has 0 atom stereocenters. The van der Waals surface area contributed by atoms with Crippen LogP contribution in [0.5, 0.6) is 11.5 Å². The second kappa shape index (κ2) is 18.7. The minimum Gasteiger partial charge on any atom is -0.872 e. The number of hydrogen-bond acceptors (Lipinski definition) is 3. The Bertz CT molecular complexity index is 1180. The average molecular weight is 837 g/mol. The van der Waals surface area contributed by atoms with E-state index in [9.17, 15) is 10.2 Å². The Morgan fingerprint density at radius 3 is 0.980 bits per heavy atom. The number of benzene rings is 2. The van der Waals surface area contributed by atoms with Gasteiger partial charge in [-0.3, -0.25) is 0 Å². The molecule has 0 heterocycles. The van der Waals surface area contributed by atoms with Gasteiger partial charge in [-0.2, -0.15) is 0 Å². The molecule has 49 heavy (non-hydrogen) atoms. The van der Waals surface area contributed by atoms with E-state index in [-0.39, 0.29) is 74.9 Å². The molecule has 0 bridgehead atoms. The van der Waals surface area contributed by atoms with Crippen LogP contribution in [-0.2, 0) is 21.7 Å². The maximum atomic E-state index is 12.3. The smallest absolute Gasteiger partial charge is 0.872 e. The van der Waals surface area contributed by atoms with Gasteiger partial charge in [-0.05, 0) is 33.7 Å². The Balaban J connectivity index is 0. The molecule has 0 aliphatic rings. The molecule has 2 aromatic carbocycles. The molecule has 0 spiro atoms. The van der Waals surface area contributed by atoms with Crippen molar-refractivity contribution in [3.05, 3.63) is 64.0 Å².